The van der Waals surface area contributed by atoms with Gasteiger partial charge in [0, 0.05) is 43.5 Å². The minimum absolute atomic E-state index is 0. The molecule has 11 heteroatoms. The van der Waals surface area contributed by atoms with Gasteiger partial charge < -0.3 is 18.8 Å². The second kappa shape index (κ2) is 11.0. The Morgan fingerprint density at radius 2 is 1.75 bits per heavy atom. The van der Waals surface area contributed by atoms with Crippen molar-refractivity contribution in [2.24, 2.45) is 0 Å². The fraction of sp³-hybridized carbons (Fsp3) is 0.400. The molecule has 1 aromatic heterocycles. The van der Waals surface area contributed by atoms with E-state index in [9.17, 15) is 13.2 Å². The van der Waals surface area contributed by atoms with Crippen LogP contribution in [0.2, 0.25) is 0 Å². The minimum Gasteiger partial charge on any atom is -0.464 e. The maximum absolute atomic E-state index is 12.9. The third-order valence-electron chi connectivity index (χ3n) is 6.40. The average Bonchev–Trinajstić information content (AvgIpc) is 3.29. The van der Waals surface area contributed by atoms with Crippen molar-refractivity contribution in [1.29, 1.82) is 0 Å². The summed E-state index contributed by atoms with van der Waals surface area (Å²) in [4.78, 5) is 17.6. The van der Waals surface area contributed by atoms with Crippen molar-refractivity contribution in [3.8, 4) is 11.5 Å². The van der Waals surface area contributed by atoms with Gasteiger partial charge in [0.25, 0.3) is 0 Å². The number of piperazine rings is 1. The maximum atomic E-state index is 12.9. The largest absolute Gasteiger partial charge is 0.464 e. The molecule has 1 N–H and O–H groups in total. The van der Waals surface area contributed by atoms with E-state index in [4.69, 9.17) is 13.9 Å². The molecule has 0 bridgehead atoms. The summed E-state index contributed by atoms with van der Waals surface area (Å²) in [7, 11) is -3.30. The minimum atomic E-state index is -3.30. The molecule has 2 aromatic carbocycles. The van der Waals surface area contributed by atoms with Crippen molar-refractivity contribution in [3.63, 3.8) is 0 Å². The number of benzene rings is 2. The Kier molecular flexibility index (Phi) is 7.97. The monoisotopic (exact) mass is 535 g/mol. The van der Waals surface area contributed by atoms with Gasteiger partial charge in [-0.15, -0.1) is 12.4 Å². The van der Waals surface area contributed by atoms with Crippen molar-refractivity contribution in [1.82, 2.24) is 4.90 Å². The van der Waals surface area contributed by atoms with Crippen LogP contribution in [0.25, 0.3) is 11.0 Å². The predicted molar refractivity (Wildman–Crippen MR) is 142 cm³/mol. The Morgan fingerprint density at radius 3 is 2.50 bits per heavy atom. The summed E-state index contributed by atoms with van der Waals surface area (Å²) in [6.45, 7) is 4.78. The molecular formula is C25H30ClN3O6S. The van der Waals surface area contributed by atoms with Crippen LogP contribution in [0, 0.1) is 0 Å². The summed E-state index contributed by atoms with van der Waals surface area (Å²) in [5.41, 5.74) is 2.79. The lowest BCUT2D eigenvalue weighted by Crippen LogP contribution is -2.46. The molecule has 3 aromatic rings. The van der Waals surface area contributed by atoms with E-state index in [1.165, 1.54) is 0 Å². The van der Waals surface area contributed by atoms with Crippen LogP contribution < -0.4 is 24.5 Å². The first kappa shape index (κ1) is 26.1. The number of aryl methyl sites for hydroxylation is 1. The van der Waals surface area contributed by atoms with Crippen molar-refractivity contribution in [2.75, 3.05) is 55.4 Å². The topological polar surface area (TPSA) is 101 Å². The Hall–Kier alpha value is -2.95. The number of hydrogen-bond acceptors (Lipinski definition) is 8. The summed E-state index contributed by atoms with van der Waals surface area (Å²) >= 11 is 0. The van der Waals surface area contributed by atoms with E-state index in [0.717, 1.165) is 57.5 Å². The van der Waals surface area contributed by atoms with Gasteiger partial charge in [-0.3, -0.25) is 14.4 Å². The first-order chi connectivity index (χ1) is 16.9. The molecule has 1 fully saturated rings. The first-order valence-corrected chi connectivity index (χ1v) is 13.6. The lowest BCUT2D eigenvalue weighted by molar-refractivity contribution is 0.174. The zero-order chi connectivity index (χ0) is 24.4. The second-order valence-electron chi connectivity index (χ2n) is 9.00. The third kappa shape index (κ3) is 6.05. The van der Waals surface area contributed by atoms with E-state index in [1.807, 2.05) is 18.2 Å². The number of unbranched alkanes of at least 4 members (excludes halogenated alkanes) is 1. The molecule has 2 aliphatic heterocycles. The molecule has 194 valence electrons. The zero-order valence-electron chi connectivity index (χ0n) is 20.1. The number of fused-ring (bicyclic) bond motifs is 2. The molecule has 0 amide bonds. The lowest BCUT2D eigenvalue weighted by atomic mass is 10.1. The molecule has 0 atom stereocenters. The highest BCUT2D eigenvalue weighted by atomic mass is 35.5. The summed E-state index contributed by atoms with van der Waals surface area (Å²) in [6.07, 6.45) is 5.29. The highest BCUT2D eigenvalue weighted by Gasteiger charge is 2.19. The van der Waals surface area contributed by atoms with Gasteiger partial charge in [0.1, 0.15) is 5.58 Å². The Balaban J connectivity index is 0.00000304. The van der Waals surface area contributed by atoms with Crippen LogP contribution in [-0.2, 0) is 16.4 Å². The molecule has 9 nitrogen and oxygen atoms in total. The van der Waals surface area contributed by atoms with Crippen molar-refractivity contribution in [2.45, 2.75) is 19.3 Å². The number of ether oxygens (including phenoxy) is 2. The second-order valence-corrected chi connectivity index (χ2v) is 10.8. The van der Waals surface area contributed by atoms with Crippen molar-refractivity contribution in [3.05, 3.63) is 58.4 Å². The van der Waals surface area contributed by atoms with E-state index in [0.29, 0.717) is 40.1 Å². The number of nitrogens with one attached hydrogen (secondary N) is 1. The zero-order valence-corrected chi connectivity index (χ0v) is 21.7. The Bertz CT molecular complexity index is 1390. The summed E-state index contributed by atoms with van der Waals surface area (Å²) in [5.74, 6) is 1.19. The van der Waals surface area contributed by atoms with Crippen LogP contribution in [0.3, 0.4) is 0 Å². The highest BCUT2D eigenvalue weighted by molar-refractivity contribution is 7.92. The molecular weight excluding hydrogens is 506 g/mol. The van der Waals surface area contributed by atoms with E-state index in [-0.39, 0.29) is 24.6 Å². The van der Waals surface area contributed by atoms with Gasteiger partial charge in [-0.2, -0.15) is 0 Å². The van der Waals surface area contributed by atoms with Crippen LogP contribution in [0.1, 0.15) is 18.4 Å². The molecule has 0 unspecified atom stereocenters. The van der Waals surface area contributed by atoms with Gasteiger partial charge in [0.05, 0.1) is 23.6 Å². The maximum Gasteiger partial charge on any atom is 0.231 e. The van der Waals surface area contributed by atoms with E-state index < -0.39 is 10.0 Å². The standard InChI is InChI=1S/C25H29N3O6S.ClH/c1-35(30,31)26-19-6-4-7-20(13-19)28-11-9-27(10-12-28)8-3-2-5-18-16-32-22-15-24-23(33-17-34-24)14-21(22)25(18)29;/h4,6-7,13-16,26H,2-3,5,8-12,17H2,1H3;1H. The van der Waals surface area contributed by atoms with Gasteiger partial charge in [0.15, 0.2) is 16.9 Å². The van der Waals surface area contributed by atoms with E-state index >= 15 is 0 Å². The average molecular weight is 536 g/mol. The van der Waals surface area contributed by atoms with Crippen LogP contribution in [0.5, 0.6) is 11.5 Å². The van der Waals surface area contributed by atoms with E-state index in [2.05, 4.69) is 14.5 Å². The molecule has 3 heterocycles. The molecule has 0 aliphatic carbocycles. The molecule has 1 saturated heterocycles. The first-order valence-electron chi connectivity index (χ1n) is 11.7. The fourth-order valence-corrected chi connectivity index (χ4v) is 5.15. The van der Waals surface area contributed by atoms with Gasteiger partial charge >= 0.3 is 0 Å². The van der Waals surface area contributed by atoms with E-state index in [1.54, 1.807) is 24.5 Å². The number of sulfonamides is 1. The van der Waals surface area contributed by atoms with Crippen molar-refractivity contribution < 1.29 is 22.3 Å². The van der Waals surface area contributed by atoms with Gasteiger partial charge in [-0.05, 0) is 50.1 Å². The number of rotatable bonds is 8. The number of hydrogen-bond donors (Lipinski definition) is 1. The third-order valence-corrected chi connectivity index (χ3v) is 7.00. The molecule has 2 aliphatic rings. The Morgan fingerprint density at radius 1 is 1.00 bits per heavy atom. The normalized spacial score (nSPS) is 15.6. The predicted octanol–water partition coefficient (Wildman–Crippen LogP) is 3.46. The molecule has 0 saturated carbocycles. The number of anilines is 2. The summed E-state index contributed by atoms with van der Waals surface area (Å²) in [6, 6.07) is 10.9. The molecule has 5 rings (SSSR count). The van der Waals surface area contributed by atoms with Crippen LogP contribution in [0.4, 0.5) is 11.4 Å². The number of nitrogens with zero attached hydrogens (tertiary/aromatic N) is 2. The molecule has 36 heavy (non-hydrogen) atoms. The fourth-order valence-electron chi connectivity index (χ4n) is 4.59. The van der Waals surface area contributed by atoms with Gasteiger partial charge in [-0.25, -0.2) is 8.42 Å². The van der Waals surface area contributed by atoms with Crippen LogP contribution in [0.15, 0.2) is 51.9 Å². The van der Waals surface area contributed by atoms with Gasteiger partial charge in [-0.1, -0.05) is 6.07 Å². The van der Waals surface area contributed by atoms with Crippen molar-refractivity contribution >= 4 is 44.8 Å². The molecule has 0 radical (unpaired) electrons. The number of halogens is 1. The molecule has 0 spiro atoms. The highest BCUT2D eigenvalue weighted by Crippen LogP contribution is 2.35. The SMILES string of the molecule is CS(=O)(=O)Nc1cccc(N2CCN(CCCCc3coc4cc5c(cc4c3=O)OCO5)CC2)c1.Cl. The van der Waals surface area contributed by atoms with Crippen LogP contribution >= 0.6 is 12.4 Å². The van der Waals surface area contributed by atoms with Crippen LogP contribution in [-0.4, -0.2) is 59.1 Å². The smallest absolute Gasteiger partial charge is 0.231 e. The lowest BCUT2D eigenvalue weighted by Gasteiger charge is -2.36. The van der Waals surface area contributed by atoms with Gasteiger partial charge in [0.2, 0.25) is 16.8 Å². The quantitative estimate of drug-likeness (QED) is 0.438. The summed E-state index contributed by atoms with van der Waals surface area (Å²) < 4.78 is 42.0. The summed E-state index contributed by atoms with van der Waals surface area (Å²) in [5, 5.41) is 0.527. The Labute approximate surface area is 216 Å².